The molecule has 1 aromatic rings. The lowest BCUT2D eigenvalue weighted by molar-refractivity contribution is -0.120. The number of amides is 1. The van der Waals surface area contributed by atoms with Gasteiger partial charge in [0.1, 0.15) is 0 Å². The Morgan fingerprint density at radius 3 is 3.06 bits per heavy atom. The predicted molar refractivity (Wildman–Crippen MR) is 67.4 cm³/mol. The van der Waals surface area contributed by atoms with Gasteiger partial charge in [-0.05, 0) is 13.0 Å². The Morgan fingerprint density at radius 2 is 2.50 bits per heavy atom. The van der Waals surface area contributed by atoms with Crippen molar-refractivity contribution in [2.75, 3.05) is 13.2 Å². The first kappa shape index (κ1) is 13.1. The van der Waals surface area contributed by atoms with Crippen molar-refractivity contribution in [1.82, 2.24) is 15.1 Å². The van der Waals surface area contributed by atoms with Crippen molar-refractivity contribution in [1.29, 1.82) is 0 Å². The highest BCUT2D eigenvalue weighted by Crippen LogP contribution is 2.14. The number of hydrogen-bond acceptors (Lipinski definition) is 5. The van der Waals surface area contributed by atoms with E-state index in [-0.39, 0.29) is 24.3 Å². The van der Waals surface area contributed by atoms with Gasteiger partial charge in [-0.25, -0.2) is 4.68 Å². The molecule has 2 N–H and O–H groups in total. The molecule has 0 aromatic carbocycles. The quantitative estimate of drug-likeness (QED) is 0.759. The van der Waals surface area contributed by atoms with Crippen LogP contribution in [0.4, 0.5) is 0 Å². The SMILES string of the molecule is CC(SC(=S)n1cccn1)C(=O)NCCO. The monoisotopic (exact) mass is 259 g/mol. The van der Waals surface area contributed by atoms with Gasteiger partial charge >= 0.3 is 0 Å². The fourth-order valence-corrected chi connectivity index (χ4v) is 2.21. The van der Waals surface area contributed by atoms with Crippen LogP contribution in [-0.2, 0) is 4.79 Å². The predicted octanol–water partition coefficient (Wildman–Crippen LogP) is 0.246. The molecule has 0 saturated heterocycles. The smallest absolute Gasteiger partial charge is 0.233 e. The van der Waals surface area contributed by atoms with Crippen LogP contribution in [0.2, 0.25) is 0 Å². The second kappa shape index (κ2) is 6.62. The zero-order valence-corrected chi connectivity index (χ0v) is 10.4. The van der Waals surface area contributed by atoms with Crippen LogP contribution in [-0.4, -0.2) is 43.5 Å². The molecule has 0 aliphatic carbocycles. The van der Waals surface area contributed by atoms with Crippen LogP contribution in [0, 0.1) is 0 Å². The third-order valence-electron chi connectivity index (χ3n) is 1.75. The summed E-state index contributed by atoms with van der Waals surface area (Å²) in [7, 11) is 0. The molecule has 16 heavy (non-hydrogen) atoms. The molecule has 1 atom stereocenters. The third-order valence-corrected chi connectivity index (χ3v) is 3.18. The molecule has 7 heteroatoms. The summed E-state index contributed by atoms with van der Waals surface area (Å²) in [6.45, 7) is 1.96. The molecule has 1 unspecified atom stereocenters. The van der Waals surface area contributed by atoms with Gasteiger partial charge in [0.25, 0.3) is 0 Å². The minimum Gasteiger partial charge on any atom is -0.395 e. The molecule has 0 bridgehead atoms. The first-order valence-corrected chi connectivity index (χ1v) is 6.03. The molecule has 0 saturated carbocycles. The summed E-state index contributed by atoms with van der Waals surface area (Å²) in [5, 5.41) is 14.8. The van der Waals surface area contributed by atoms with Crippen LogP contribution >= 0.6 is 24.0 Å². The van der Waals surface area contributed by atoms with E-state index in [1.807, 2.05) is 0 Å². The molecular formula is C9H13N3O2S2. The Bertz CT molecular complexity index is 354. The van der Waals surface area contributed by atoms with Gasteiger partial charge in [0.15, 0.2) is 4.32 Å². The van der Waals surface area contributed by atoms with Crippen LogP contribution in [0.25, 0.3) is 0 Å². The summed E-state index contributed by atoms with van der Waals surface area (Å²) in [5.41, 5.74) is 0. The molecule has 5 nitrogen and oxygen atoms in total. The van der Waals surface area contributed by atoms with E-state index >= 15 is 0 Å². The van der Waals surface area contributed by atoms with E-state index in [1.165, 1.54) is 16.4 Å². The summed E-state index contributed by atoms with van der Waals surface area (Å²) < 4.78 is 2.06. The van der Waals surface area contributed by atoms with Crippen LogP contribution < -0.4 is 5.32 Å². The molecule has 0 fully saturated rings. The van der Waals surface area contributed by atoms with Gasteiger partial charge in [-0.1, -0.05) is 24.0 Å². The number of aromatic nitrogens is 2. The number of thioether (sulfide) groups is 1. The number of nitrogens with one attached hydrogen (secondary N) is 1. The van der Waals surface area contributed by atoms with E-state index in [9.17, 15) is 4.79 Å². The van der Waals surface area contributed by atoms with Gasteiger partial charge in [0.2, 0.25) is 5.91 Å². The lowest BCUT2D eigenvalue weighted by atomic mass is 10.4. The van der Waals surface area contributed by atoms with Gasteiger partial charge in [-0.2, -0.15) is 5.10 Å². The summed E-state index contributed by atoms with van der Waals surface area (Å²) in [6, 6.07) is 1.77. The van der Waals surface area contributed by atoms with Crippen molar-refractivity contribution in [3.8, 4) is 0 Å². The van der Waals surface area contributed by atoms with Crippen LogP contribution in [0.1, 0.15) is 6.92 Å². The number of nitrogens with zero attached hydrogens (tertiary/aromatic N) is 2. The number of carbonyl (C=O) groups excluding carboxylic acids is 1. The molecule has 0 spiro atoms. The van der Waals surface area contributed by atoms with E-state index in [0.717, 1.165) is 0 Å². The zero-order chi connectivity index (χ0) is 12.0. The van der Waals surface area contributed by atoms with Gasteiger partial charge in [-0.3, -0.25) is 4.79 Å². The van der Waals surface area contributed by atoms with Crippen molar-refractivity contribution >= 4 is 34.2 Å². The van der Waals surface area contributed by atoms with Gasteiger partial charge < -0.3 is 10.4 Å². The fraction of sp³-hybridized carbons (Fsp3) is 0.444. The Balaban J connectivity index is 2.42. The van der Waals surface area contributed by atoms with Crippen molar-refractivity contribution in [3.63, 3.8) is 0 Å². The number of aliphatic hydroxyl groups excluding tert-OH is 1. The first-order chi connectivity index (χ1) is 7.65. The molecule has 0 radical (unpaired) electrons. The minimum absolute atomic E-state index is 0.0628. The standard InChI is InChI=1S/C9H13N3O2S2/c1-7(8(14)10-4-6-13)16-9(15)12-5-2-3-11-12/h2-3,5,7,13H,4,6H2,1H3,(H,10,14). The highest BCUT2D eigenvalue weighted by molar-refractivity contribution is 8.23. The van der Waals surface area contributed by atoms with E-state index in [2.05, 4.69) is 10.4 Å². The largest absolute Gasteiger partial charge is 0.395 e. The van der Waals surface area contributed by atoms with Crippen LogP contribution in [0.3, 0.4) is 0 Å². The summed E-state index contributed by atoms with van der Waals surface area (Å²) in [6.07, 6.45) is 3.36. The summed E-state index contributed by atoms with van der Waals surface area (Å²) in [5.74, 6) is -0.145. The van der Waals surface area contributed by atoms with Gasteiger partial charge in [-0.15, -0.1) is 0 Å². The highest BCUT2D eigenvalue weighted by atomic mass is 32.2. The molecule has 88 valence electrons. The van der Waals surface area contributed by atoms with E-state index in [4.69, 9.17) is 17.3 Å². The number of rotatable bonds is 4. The zero-order valence-electron chi connectivity index (χ0n) is 8.79. The van der Waals surface area contributed by atoms with Gasteiger partial charge in [0, 0.05) is 18.9 Å². The van der Waals surface area contributed by atoms with Crippen LogP contribution in [0.15, 0.2) is 18.5 Å². The summed E-state index contributed by atoms with van der Waals surface area (Å²) >= 11 is 6.37. The molecule has 1 aromatic heterocycles. The number of thiocarbonyl (C=S) groups is 1. The maximum absolute atomic E-state index is 11.5. The number of carbonyl (C=O) groups is 1. The summed E-state index contributed by atoms with van der Waals surface area (Å²) in [4.78, 5) is 11.5. The Labute approximate surface area is 103 Å². The van der Waals surface area contributed by atoms with Crippen molar-refractivity contribution in [3.05, 3.63) is 18.5 Å². The van der Waals surface area contributed by atoms with Gasteiger partial charge in [0.05, 0.1) is 11.9 Å². The third kappa shape index (κ3) is 3.92. The fourth-order valence-electron chi connectivity index (χ4n) is 0.958. The lowest BCUT2D eigenvalue weighted by Crippen LogP contribution is -2.33. The topological polar surface area (TPSA) is 67.2 Å². The van der Waals surface area contributed by atoms with E-state index in [0.29, 0.717) is 4.32 Å². The van der Waals surface area contributed by atoms with E-state index in [1.54, 1.807) is 25.4 Å². The van der Waals surface area contributed by atoms with E-state index < -0.39 is 0 Å². The first-order valence-electron chi connectivity index (χ1n) is 4.74. The van der Waals surface area contributed by atoms with Crippen molar-refractivity contribution in [2.24, 2.45) is 0 Å². The van der Waals surface area contributed by atoms with Crippen molar-refractivity contribution < 1.29 is 9.90 Å². The van der Waals surface area contributed by atoms with Crippen molar-refractivity contribution in [2.45, 2.75) is 12.2 Å². The molecule has 1 heterocycles. The molecular weight excluding hydrogens is 246 g/mol. The lowest BCUT2D eigenvalue weighted by Gasteiger charge is -2.11. The number of aliphatic hydroxyl groups is 1. The average molecular weight is 259 g/mol. The normalized spacial score (nSPS) is 12.1. The molecule has 1 rings (SSSR count). The average Bonchev–Trinajstić information content (AvgIpc) is 2.79. The molecule has 0 aliphatic heterocycles. The Morgan fingerprint density at radius 1 is 1.75 bits per heavy atom. The maximum Gasteiger partial charge on any atom is 0.233 e. The number of hydrogen-bond donors (Lipinski definition) is 2. The highest BCUT2D eigenvalue weighted by Gasteiger charge is 2.15. The molecule has 1 amide bonds. The van der Waals surface area contributed by atoms with Crippen LogP contribution in [0.5, 0.6) is 0 Å². The second-order valence-electron chi connectivity index (χ2n) is 2.99. The second-order valence-corrected chi connectivity index (χ2v) is 4.97. The minimum atomic E-state index is -0.303. The maximum atomic E-state index is 11.5. The Kier molecular flexibility index (Phi) is 5.44. The Hall–Kier alpha value is -0.920. The molecule has 0 aliphatic rings.